The van der Waals surface area contributed by atoms with Gasteiger partial charge in [0.15, 0.2) is 5.78 Å². The lowest BCUT2D eigenvalue weighted by molar-refractivity contribution is -0.132. The summed E-state index contributed by atoms with van der Waals surface area (Å²) < 4.78 is 24.5. The predicted octanol–water partition coefficient (Wildman–Crippen LogP) is 1.59. The lowest BCUT2D eigenvalue weighted by atomic mass is 10.0. The van der Waals surface area contributed by atoms with Crippen molar-refractivity contribution < 1.29 is 18.0 Å². The average molecular weight is 358 g/mol. The molecule has 6 nitrogen and oxygen atoms in total. The number of ketones is 1. The molecule has 2 heterocycles. The molecule has 0 radical (unpaired) electrons. The van der Waals surface area contributed by atoms with Crippen LogP contribution in [0.3, 0.4) is 0 Å². The molecule has 1 aliphatic heterocycles. The van der Waals surface area contributed by atoms with Crippen LogP contribution >= 0.6 is 11.3 Å². The second kappa shape index (κ2) is 7.55. The topological polar surface area (TPSA) is 74.8 Å². The molecule has 0 aromatic carbocycles. The highest BCUT2D eigenvalue weighted by atomic mass is 32.2. The van der Waals surface area contributed by atoms with Crippen LogP contribution in [0.15, 0.2) is 17.5 Å². The zero-order valence-electron chi connectivity index (χ0n) is 13.4. The Labute approximate surface area is 141 Å². The summed E-state index contributed by atoms with van der Waals surface area (Å²) in [7, 11) is -1.62. The summed E-state index contributed by atoms with van der Waals surface area (Å²) in [5, 5.41) is 1.85. The smallest absolute Gasteiger partial charge is 0.223 e. The second-order valence-corrected chi connectivity index (χ2v) is 8.78. The third-order valence-corrected chi connectivity index (χ3v) is 6.47. The van der Waals surface area contributed by atoms with Crippen molar-refractivity contribution in [1.29, 1.82) is 0 Å². The Hall–Kier alpha value is -1.25. The minimum Gasteiger partial charge on any atom is -0.343 e. The summed E-state index contributed by atoms with van der Waals surface area (Å²) in [4.78, 5) is 26.5. The monoisotopic (exact) mass is 358 g/mol. The molecular formula is C15H22N2O4S2. The van der Waals surface area contributed by atoms with Gasteiger partial charge in [-0.25, -0.2) is 12.7 Å². The Balaban J connectivity index is 1.79. The number of nitrogens with zero attached hydrogens (tertiary/aromatic N) is 2. The molecule has 1 aromatic rings. The number of likely N-dealkylation sites (tertiary alicyclic amines) is 1. The summed E-state index contributed by atoms with van der Waals surface area (Å²) in [5.41, 5.74) is 0. The molecular weight excluding hydrogens is 336 g/mol. The summed E-state index contributed by atoms with van der Waals surface area (Å²) in [6.45, 7) is 1.08. The van der Waals surface area contributed by atoms with Crippen LogP contribution < -0.4 is 0 Å². The molecule has 23 heavy (non-hydrogen) atoms. The Morgan fingerprint density at radius 3 is 2.48 bits per heavy atom. The van der Waals surface area contributed by atoms with Crippen LogP contribution in [-0.2, 0) is 14.8 Å². The van der Waals surface area contributed by atoms with Gasteiger partial charge >= 0.3 is 0 Å². The third kappa shape index (κ3) is 4.86. The van der Waals surface area contributed by atoms with Gasteiger partial charge in [0.25, 0.3) is 0 Å². The fourth-order valence-electron chi connectivity index (χ4n) is 2.69. The van der Waals surface area contributed by atoms with Crippen molar-refractivity contribution in [2.75, 3.05) is 26.4 Å². The van der Waals surface area contributed by atoms with Crippen molar-refractivity contribution in [2.24, 2.45) is 0 Å². The molecule has 0 bridgehead atoms. The van der Waals surface area contributed by atoms with E-state index in [1.807, 2.05) is 11.4 Å². The minimum absolute atomic E-state index is 0.0000423. The highest BCUT2D eigenvalue weighted by molar-refractivity contribution is 7.88. The summed E-state index contributed by atoms with van der Waals surface area (Å²) in [6.07, 6.45) is 2.90. The van der Waals surface area contributed by atoms with Crippen LogP contribution in [0.4, 0.5) is 0 Å². The van der Waals surface area contributed by atoms with E-state index in [1.54, 1.807) is 18.0 Å². The average Bonchev–Trinajstić information content (AvgIpc) is 3.05. The second-order valence-electron chi connectivity index (χ2n) is 5.79. The number of rotatable bonds is 6. The molecule has 8 heteroatoms. The zero-order chi connectivity index (χ0) is 17.0. The van der Waals surface area contributed by atoms with E-state index in [0.717, 1.165) is 0 Å². The van der Waals surface area contributed by atoms with E-state index in [-0.39, 0.29) is 30.6 Å². The first-order chi connectivity index (χ1) is 10.8. The van der Waals surface area contributed by atoms with Crippen molar-refractivity contribution in [3.63, 3.8) is 0 Å². The van der Waals surface area contributed by atoms with Gasteiger partial charge in [0, 0.05) is 39.0 Å². The Bertz CT molecular complexity index is 647. The fraction of sp³-hybridized carbons (Fsp3) is 0.600. The number of Topliss-reactive ketones (excluding diaryl/α,β-unsaturated/α-hetero) is 1. The molecule has 0 N–H and O–H groups in total. The Kier molecular flexibility index (Phi) is 5.94. The number of carbonyl (C=O) groups is 2. The van der Waals surface area contributed by atoms with Crippen LogP contribution in [0.1, 0.15) is 35.4 Å². The molecule has 1 amide bonds. The standard InChI is InChI=1S/C15H22N2O4S2/c1-16(23(2,20)21)12-7-9-17(10-8-12)15(19)6-5-13(18)14-4-3-11-22-14/h3-4,11-12H,5-10H2,1-2H3. The molecule has 0 aliphatic carbocycles. The molecule has 0 atom stereocenters. The van der Waals surface area contributed by atoms with Crippen molar-refractivity contribution in [1.82, 2.24) is 9.21 Å². The summed E-state index contributed by atoms with van der Waals surface area (Å²) in [5.74, 6) is -0.0320. The maximum absolute atomic E-state index is 12.2. The van der Waals surface area contributed by atoms with E-state index in [9.17, 15) is 18.0 Å². The van der Waals surface area contributed by atoms with E-state index in [4.69, 9.17) is 0 Å². The lowest BCUT2D eigenvalue weighted by Crippen LogP contribution is -2.47. The maximum atomic E-state index is 12.2. The lowest BCUT2D eigenvalue weighted by Gasteiger charge is -2.35. The van der Waals surface area contributed by atoms with Gasteiger partial charge in [0.1, 0.15) is 0 Å². The zero-order valence-corrected chi connectivity index (χ0v) is 15.0. The number of amides is 1. The van der Waals surface area contributed by atoms with Gasteiger partial charge in [-0.15, -0.1) is 11.3 Å². The summed E-state index contributed by atoms with van der Waals surface area (Å²) >= 11 is 1.39. The van der Waals surface area contributed by atoms with E-state index in [1.165, 1.54) is 21.9 Å². The Morgan fingerprint density at radius 1 is 1.30 bits per heavy atom. The molecule has 1 aromatic heterocycles. The first kappa shape index (κ1) is 18.1. The van der Waals surface area contributed by atoms with Gasteiger partial charge in [0.05, 0.1) is 11.1 Å². The van der Waals surface area contributed by atoms with Crippen molar-refractivity contribution in [2.45, 2.75) is 31.7 Å². The molecule has 1 fully saturated rings. The van der Waals surface area contributed by atoms with Crippen LogP contribution in [0.2, 0.25) is 0 Å². The third-order valence-electron chi connectivity index (χ3n) is 4.22. The van der Waals surface area contributed by atoms with E-state index >= 15 is 0 Å². The highest BCUT2D eigenvalue weighted by Gasteiger charge is 2.29. The van der Waals surface area contributed by atoms with E-state index in [0.29, 0.717) is 30.8 Å². The van der Waals surface area contributed by atoms with E-state index in [2.05, 4.69) is 0 Å². The molecule has 0 saturated carbocycles. The van der Waals surface area contributed by atoms with Gasteiger partial charge in [-0.2, -0.15) is 0 Å². The number of piperidine rings is 1. The van der Waals surface area contributed by atoms with Crippen molar-refractivity contribution >= 4 is 33.1 Å². The van der Waals surface area contributed by atoms with Crippen molar-refractivity contribution in [3.05, 3.63) is 22.4 Å². The fourth-order valence-corrected chi connectivity index (χ4v) is 4.14. The molecule has 1 saturated heterocycles. The van der Waals surface area contributed by atoms with Gasteiger partial charge in [-0.1, -0.05) is 6.07 Å². The van der Waals surface area contributed by atoms with Crippen LogP contribution in [-0.4, -0.2) is 61.7 Å². The first-order valence-corrected chi connectivity index (χ1v) is 10.3. The molecule has 0 spiro atoms. The number of carbonyl (C=O) groups excluding carboxylic acids is 2. The molecule has 0 unspecified atom stereocenters. The number of hydrogen-bond acceptors (Lipinski definition) is 5. The number of sulfonamides is 1. The molecule has 128 valence electrons. The molecule has 1 aliphatic rings. The number of thiophene rings is 1. The van der Waals surface area contributed by atoms with Gasteiger partial charge in [-0.3, -0.25) is 9.59 Å². The van der Waals surface area contributed by atoms with E-state index < -0.39 is 10.0 Å². The quantitative estimate of drug-likeness (QED) is 0.724. The normalized spacial score (nSPS) is 16.7. The SMILES string of the molecule is CN(C1CCN(C(=O)CCC(=O)c2cccs2)CC1)S(C)(=O)=O. The van der Waals surface area contributed by atoms with Gasteiger partial charge < -0.3 is 4.90 Å². The van der Waals surface area contributed by atoms with Crippen LogP contribution in [0, 0.1) is 0 Å². The molecule has 2 rings (SSSR count). The first-order valence-electron chi connectivity index (χ1n) is 7.56. The highest BCUT2D eigenvalue weighted by Crippen LogP contribution is 2.19. The number of hydrogen-bond donors (Lipinski definition) is 0. The summed E-state index contributed by atoms with van der Waals surface area (Å²) in [6, 6.07) is 3.54. The van der Waals surface area contributed by atoms with Crippen LogP contribution in [0.5, 0.6) is 0 Å². The maximum Gasteiger partial charge on any atom is 0.223 e. The van der Waals surface area contributed by atoms with Gasteiger partial charge in [-0.05, 0) is 24.3 Å². The predicted molar refractivity (Wildman–Crippen MR) is 90.1 cm³/mol. The van der Waals surface area contributed by atoms with Crippen molar-refractivity contribution in [3.8, 4) is 0 Å². The Morgan fingerprint density at radius 2 is 1.96 bits per heavy atom. The largest absolute Gasteiger partial charge is 0.343 e. The van der Waals surface area contributed by atoms with Gasteiger partial charge in [0.2, 0.25) is 15.9 Å². The minimum atomic E-state index is -3.20. The van der Waals surface area contributed by atoms with Crippen LogP contribution in [0.25, 0.3) is 0 Å².